The highest BCUT2D eigenvalue weighted by atomic mass is 16.4. The Labute approximate surface area is 159 Å². The molecule has 1 N–H and O–H groups in total. The summed E-state index contributed by atoms with van der Waals surface area (Å²) in [6, 6.07) is 13.4. The Kier molecular flexibility index (Phi) is 5.64. The Hall–Kier alpha value is -3.02. The number of furan rings is 1. The lowest BCUT2D eigenvalue weighted by Crippen LogP contribution is -2.21. The summed E-state index contributed by atoms with van der Waals surface area (Å²) in [7, 11) is 0. The summed E-state index contributed by atoms with van der Waals surface area (Å²) in [4.78, 5) is 14.7. The second-order valence-corrected chi connectivity index (χ2v) is 6.52. The zero-order chi connectivity index (χ0) is 19.4. The van der Waals surface area contributed by atoms with E-state index in [9.17, 15) is 4.79 Å². The Bertz CT molecular complexity index is 905. The van der Waals surface area contributed by atoms with Gasteiger partial charge in [0.1, 0.15) is 5.76 Å². The first-order chi connectivity index (χ1) is 13.0. The molecule has 0 fully saturated rings. The molecule has 0 aliphatic heterocycles. The molecule has 3 aromatic rings. The lowest BCUT2D eigenvalue weighted by atomic mass is 10.2. The van der Waals surface area contributed by atoms with Crippen molar-refractivity contribution in [3.8, 4) is 0 Å². The number of nitrogens with one attached hydrogen (secondary N) is 1. The van der Waals surface area contributed by atoms with Crippen molar-refractivity contribution in [3.05, 3.63) is 65.4 Å². The maximum atomic E-state index is 12.4. The van der Waals surface area contributed by atoms with Crippen molar-refractivity contribution in [1.29, 1.82) is 0 Å². The van der Waals surface area contributed by atoms with Gasteiger partial charge in [0.15, 0.2) is 5.76 Å². The van der Waals surface area contributed by atoms with Gasteiger partial charge in [-0.15, -0.1) is 0 Å². The van der Waals surface area contributed by atoms with Gasteiger partial charge in [-0.3, -0.25) is 9.48 Å². The van der Waals surface area contributed by atoms with Crippen LogP contribution < -0.4 is 10.2 Å². The van der Waals surface area contributed by atoms with Gasteiger partial charge >= 0.3 is 0 Å². The van der Waals surface area contributed by atoms with Crippen molar-refractivity contribution in [1.82, 2.24) is 9.78 Å². The van der Waals surface area contributed by atoms with Gasteiger partial charge in [-0.1, -0.05) is 0 Å². The molecule has 0 aliphatic carbocycles. The van der Waals surface area contributed by atoms with E-state index in [1.165, 1.54) is 0 Å². The topological polar surface area (TPSA) is 63.3 Å². The van der Waals surface area contributed by atoms with E-state index in [0.29, 0.717) is 18.1 Å². The van der Waals surface area contributed by atoms with Gasteiger partial charge in [0.2, 0.25) is 0 Å². The normalized spacial score (nSPS) is 10.8. The van der Waals surface area contributed by atoms with Crippen LogP contribution in [-0.4, -0.2) is 28.8 Å². The summed E-state index contributed by atoms with van der Waals surface area (Å²) >= 11 is 0. The number of carbonyl (C=O) groups is 1. The number of anilines is 2. The number of amides is 1. The minimum atomic E-state index is -0.259. The van der Waals surface area contributed by atoms with Crippen LogP contribution >= 0.6 is 0 Å². The Balaban J connectivity index is 1.65. The molecule has 3 rings (SSSR count). The highest BCUT2D eigenvalue weighted by Gasteiger charge is 2.13. The highest BCUT2D eigenvalue weighted by Crippen LogP contribution is 2.19. The molecule has 0 aliphatic rings. The molecule has 0 atom stereocenters. The molecular weight excluding hydrogens is 340 g/mol. The Morgan fingerprint density at radius 1 is 1.11 bits per heavy atom. The predicted molar refractivity (Wildman–Crippen MR) is 107 cm³/mol. The zero-order valence-electron chi connectivity index (χ0n) is 16.3. The van der Waals surface area contributed by atoms with E-state index >= 15 is 0 Å². The van der Waals surface area contributed by atoms with Gasteiger partial charge in [-0.2, -0.15) is 5.10 Å². The van der Waals surface area contributed by atoms with Crippen molar-refractivity contribution >= 4 is 17.3 Å². The van der Waals surface area contributed by atoms with Gasteiger partial charge in [0.25, 0.3) is 5.91 Å². The summed E-state index contributed by atoms with van der Waals surface area (Å²) in [5, 5.41) is 7.30. The number of nitrogens with zero attached hydrogens (tertiary/aromatic N) is 3. The van der Waals surface area contributed by atoms with Gasteiger partial charge in [-0.05, 0) is 70.2 Å². The molecule has 142 valence electrons. The van der Waals surface area contributed by atoms with Crippen LogP contribution in [0.2, 0.25) is 0 Å². The Morgan fingerprint density at radius 3 is 2.41 bits per heavy atom. The van der Waals surface area contributed by atoms with Crippen molar-refractivity contribution in [3.63, 3.8) is 0 Å². The van der Waals surface area contributed by atoms with Crippen molar-refractivity contribution in [2.24, 2.45) is 0 Å². The van der Waals surface area contributed by atoms with Gasteiger partial charge in [-0.25, -0.2) is 0 Å². The van der Waals surface area contributed by atoms with E-state index in [1.54, 1.807) is 6.07 Å². The van der Waals surface area contributed by atoms with E-state index in [4.69, 9.17) is 4.42 Å². The minimum absolute atomic E-state index is 0.259. The smallest absolute Gasteiger partial charge is 0.291 e. The van der Waals surface area contributed by atoms with Crippen molar-refractivity contribution in [2.75, 3.05) is 23.3 Å². The van der Waals surface area contributed by atoms with E-state index < -0.39 is 0 Å². The first-order valence-corrected chi connectivity index (χ1v) is 9.26. The zero-order valence-corrected chi connectivity index (χ0v) is 16.3. The van der Waals surface area contributed by atoms with Gasteiger partial charge in [0, 0.05) is 30.2 Å². The molecule has 0 spiro atoms. The largest absolute Gasteiger partial charge is 0.454 e. The van der Waals surface area contributed by atoms with Gasteiger partial charge in [0.05, 0.1) is 12.2 Å². The Morgan fingerprint density at radius 2 is 1.81 bits per heavy atom. The summed E-state index contributed by atoms with van der Waals surface area (Å²) in [6.07, 6.45) is 0. The number of benzene rings is 1. The first kappa shape index (κ1) is 18.8. The van der Waals surface area contributed by atoms with Crippen molar-refractivity contribution in [2.45, 2.75) is 34.2 Å². The third-order valence-corrected chi connectivity index (χ3v) is 4.55. The highest BCUT2D eigenvalue weighted by molar-refractivity contribution is 6.02. The van der Waals surface area contributed by atoms with E-state index in [-0.39, 0.29) is 5.91 Å². The van der Waals surface area contributed by atoms with E-state index in [0.717, 1.165) is 35.9 Å². The molecule has 6 nitrogen and oxygen atoms in total. The molecule has 0 saturated carbocycles. The molecule has 27 heavy (non-hydrogen) atoms. The number of aryl methyl sites for hydroxylation is 2. The summed E-state index contributed by atoms with van der Waals surface area (Å²) in [6.45, 7) is 10.6. The molecule has 2 heterocycles. The quantitative estimate of drug-likeness (QED) is 0.679. The maximum Gasteiger partial charge on any atom is 0.291 e. The molecular formula is C21H26N4O2. The molecule has 0 bridgehead atoms. The number of hydrogen-bond acceptors (Lipinski definition) is 4. The first-order valence-electron chi connectivity index (χ1n) is 9.26. The molecule has 1 aromatic carbocycles. The second-order valence-electron chi connectivity index (χ2n) is 6.52. The fourth-order valence-electron chi connectivity index (χ4n) is 3.10. The minimum Gasteiger partial charge on any atom is -0.454 e. The van der Waals surface area contributed by atoms with Crippen LogP contribution in [0.3, 0.4) is 0 Å². The van der Waals surface area contributed by atoms with E-state index in [1.807, 2.05) is 54.9 Å². The number of hydrogen-bond donors (Lipinski definition) is 1. The van der Waals surface area contributed by atoms with Crippen LogP contribution in [0.1, 0.15) is 41.6 Å². The SMILES string of the molecule is CCN(CC)c1ccc(NC(=O)c2ccc(Cn3nc(C)cc3C)o2)cc1. The molecule has 6 heteroatoms. The molecule has 0 radical (unpaired) electrons. The third kappa shape index (κ3) is 4.39. The van der Waals surface area contributed by atoms with Crippen LogP contribution in [0.4, 0.5) is 11.4 Å². The average molecular weight is 366 g/mol. The lowest BCUT2D eigenvalue weighted by molar-refractivity contribution is 0.0994. The number of carbonyl (C=O) groups excluding carboxylic acids is 1. The predicted octanol–water partition coefficient (Wildman–Crippen LogP) is 4.24. The van der Waals surface area contributed by atoms with Crippen LogP contribution in [0.5, 0.6) is 0 Å². The second kappa shape index (κ2) is 8.12. The maximum absolute atomic E-state index is 12.4. The van der Waals surface area contributed by atoms with Crippen LogP contribution in [0, 0.1) is 13.8 Å². The standard InChI is InChI=1S/C21H26N4O2/c1-5-24(6-2)18-9-7-17(8-10-18)22-21(26)20-12-11-19(27-20)14-25-16(4)13-15(3)23-25/h7-13H,5-6,14H2,1-4H3,(H,22,26). The van der Waals surface area contributed by atoms with Crippen LogP contribution in [-0.2, 0) is 6.54 Å². The fraction of sp³-hybridized carbons (Fsp3) is 0.333. The number of aromatic nitrogens is 2. The number of rotatable bonds is 7. The molecule has 0 saturated heterocycles. The molecule has 2 aromatic heterocycles. The van der Waals surface area contributed by atoms with Crippen LogP contribution in [0.15, 0.2) is 46.9 Å². The van der Waals surface area contributed by atoms with Gasteiger partial charge < -0.3 is 14.6 Å². The lowest BCUT2D eigenvalue weighted by Gasteiger charge is -2.21. The fourth-order valence-corrected chi connectivity index (χ4v) is 3.10. The van der Waals surface area contributed by atoms with Crippen LogP contribution in [0.25, 0.3) is 0 Å². The third-order valence-electron chi connectivity index (χ3n) is 4.55. The molecule has 0 unspecified atom stereocenters. The monoisotopic (exact) mass is 366 g/mol. The average Bonchev–Trinajstić information content (AvgIpc) is 3.24. The summed E-state index contributed by atoms with van der Waals surface area (Å²) in [5.74, 6) is 0.729. The van der Waals surface area contributed by atoms with E-state index in [2.05, 4.69) is 29.2 Å². The van der Waals surface area contributed by atoms with Crippen molar-refractivity contribution < 1.29 is 9.21 Å². The summed E-state index contributed by atoms with van der Waals surface area (Å²) < 4.78 is 7.56. The summed E-state index contributed by atoms with van der Waals surface area (Å²) in [5.41, 5.74) is 3.91. The molecule has 1 amide bonds.